The largest absolute Gasteiger partial charge is 0.459 e. The van der Waals surface area contributed by atoms with E-state index in [9.17, 15) is 24.2 Å². The van der Waals surface area contributed by atoms with Crippen LogP contribution in [0.15, 0.2) is 36.1 Å². The van der Waals surface area contributed by atoms with Crippen LogP contribution in [0.5, 0.6) is 0 Å². The van der Waals surface area contributed by atoms with Crippen LogP contribution in [0.3, 0.4) is 0 Å². The molecule has 12 unspecified atom stereocenters. The second-order valence-corrected chi connectivity index (χ2v) is 11.8. The number of hydrogen-bond acceptors (Lipinski definition) is 10. The van der Waals surface area contributed by atoms with E-state index >= 15 is 0 Å². The standard InChI is InChI=1S/C30H40FNO10/c1-14-8-15(2)30-20(18(11-37-3)28(35)40-25(14)22(33)13-39-5)7-6-17-23(30)24(34)19(12-38-4)26(27(17)42-30)41-29(36)21-9-16(31)10-32-21/h6-10,14,17-20,22-27,32-34H,11-13H2,1-5H3. The summed E-state index contributed by atoms with van der Waals surface area (Å²) < 4.78 is 48.6. The van der Waals surface area contributed by atoms with Gasteiger partial charge in [0.25, 0.3) is 0 Å². The van der Waals surface area contributed by atoms with Crippen LogP contribution < -0.4 is 0 Å². The average Bonchev–Trinajstić information content (AvgIpc) is 3.47. The first-order valence-corrected chi connectivity index (χ1v) is 14.2. The van der Waals surface area contributed by atoms with Crippen LogP contribution in [0.1, 0.15) is 24.3 Å². The van der Waals surface area contributed by atoms with Gasteiger partial charge in [0.15, 0.2) is 0 Å². The molecule has 5 rings (SSSR count). The predicted molar refractivity (Wildman–Crippen MR) is 145 cm³/mol. The van der Waals surface area contributed by atoms with Gasteiger partial charge in [-0.05, 0) is 12.5 Å². The molecule has 12 heteroatoms. The SMILES string of the molecule is COCC(O)C1OC(=O)C(COC)C2C=CC3C4OC2(C(C)=CC1C)C3C(O)C(COC)C4OC(=O)c1cc(F)c[nH]1. The third-order valence-electron chi connectivity index (χ3n) is 9.38. The van der Waals surface area contributed by atoms with Crippen LogP contribution in [0.4, 0.5) is 4.39 Å². The van der Waals surface area contributed by atoms with E-state index in [1.54, 1.807) is 0 Å². The third kappa shape index (κ3) is 5.01. The summed E-state index contributed by atoms with van der Waals surface area (Å²) in [4.78, 5) is 29.4. The summed E-state index contributed by atoms with van der Waals surface area (Å²) in [7, 11) is 4.44. The lowest BCUT2D eigenvalue weighted by molar-refractivity contribution is -0.173. The van der Waals surface area contributed by atoms with E-state index in [0.717, 1.165) is 17.8 Å². The van der Waals surface area contributed by atoms with Crippen LogP contribution in [0.25, 0.3) is 0 Å². The number of esters is 2. The molecule has 2 fully saturated rings. The zero-order valence-corrected chi connectivity index (χ0v) is 24.4. The number of methoxy groups -OCH3 is 3. The molecule has 4 bridgehead atoms. The number of cyclic esters (lactones) is 1. The van der Waals surface area contributed by atoms with Crippen molar-refractivity contribution in [2.24, 2.45) is 35.5 Å². The van der Waals surface area contributed by atoms with E-state index in [1.807, 2.05) is 32.1 Å². The lowest BCUT2D eigenvalue weighted by Crippen LogP contribution is -2.59. The highest BCUT2D eigenvalue weighted by atomic mass is 19.1. The van der Waals surface area contributed by atoms with E-state index in [-0.39, 0.29) is 31.4 Å². The second-order valence-electron chi connectivity index (χ2n) is 11.8. The monoisotopic (exact) mass is 593 g/mol. The van der Waals surface area contributed by atoms with Crippen LogP contribution in [0, 0.1) is 41.3 Å². The molecular weight excluding hydrogens is 553 g/mol. The summed E-state index contributed by atoms with van der Waals surface area (Å²) in [6, 6.07) is 1.04. The molecule has 4 aliphatic rings. The molecule has 1 saturated carbocycles. The molecule has 0 radical (unpaired) electrons. The Morgan fingerprint density at radius 3 is 2.57 bits per heavy atom. The maximum Gasteiger partial charge on any atom is 0.355 e. The maximum atomic E-state index is 13.8. The van der Waals surface area contributed by atoms with Crippen molar-refractivity contribution in [1.82, 2.24) is 4.98 Å². The highest BCUT2D eigenvalue weighted by Crippen LogP contribution is 2.62. The fourth-order valence-electron chi connectivity index (χ4n) is 7.67. The van der Waals surface area contributed by atoms with Gasteiger partial charge in [0.1, 0.15) is 41.5 Å². The first kappa shape index (κ1) is 30.8. The van der Waals surface area contributed by atoms with Crippen molar-refractivity contribution in [1.29, 1.82) is 0 Å². The normalized spacial score (nSPS) is 39.8. The van der Waals surface area contributed by atoms with Gasteiger partial charge < -0.3 is 43.6 Å². The van der Waals surface area contributed by atoms with Crippen LogP contribution >= 0.6 is 0 Å². The molecule has 3 heterocycles. The van der Waals surface area contributed by atoms with Gasteiger partial charge in [-0.2, -0.15) is 0 Å². The van der Waals surface area contributed by atoms with Gasteiger partial charge in [-0.25, -0.2) is 9.18 Å². The highest BCUT2D eigenvalue weighted by molar-refractivity contribution is 5.87. The Labute approximate surface area is 243 Å². The molecule has 0 amide bonds. The summed E-state index contributed by atoms with van der Waals surface area (Å²) in [5, 5.41) is 22.8. The van der Waals surface area contributed by atoms with Crippen molar-refractivity contribution in [2.75, 3.05) is 41.2 Å². The Morgan fingerprint density at radius 1 is 1.19 bits per heavy atom. The van der Waals surface area contributed by atoms with E-state index in [0.29, 0.717) is 0 Å². The summed E-state index contributed by atoms with van der Waals surface area (Å²) >= 11 is 0. The van der Waals surface area contributed by atoms with Crippen molar-refractivity contribution in [3.05, 3.63) is 47.6 Å². The number of aromatic nitrogens is 1. The topological polar surface area (TPSA) is 146 Å². The fraction of sp³-hybridized carbons (Fsp3) is 0.667. The van der Waals surface area contributed by atoms with Gasteiger partial charge in [-0.1, -0.05) is 25.2 Å². The Kier molecular flexibility index (Phi) is 8.94. The molecule has 12 atom stereocenters. The zero-order valence-electron chi connectivity index (χ0n) is 24.4. The number of carbonyl (C=O) groups excluding carboxylic acids is 2. The van der Waals surface area contributed by atoms with Gasteiger partial charge in [0.2, 0.25) is 0 Å². The van der Waals surface area contributed by atoms with E-state index in [4.69, 9.17) is 28.4 Å². The Balaban J connectivity index is 1.60. The molecule has 11 nitrogen and oxygen atoms in total. The van der Waals surface area contributed by atoms with Crippen LogP contribution in [-0.4, -0.2) is 104 Å². The van der Waals surface area contributed by atoms with Crippen molar-refractivity contribution in [3.8, 4) is 0 Å². The van der Waals surface area contributed by atoms with Gasteiger partial charge in [0, 0.05) is 63.2 Å². The van der Waals surface area contributed by atoms with Gasteiger partial charge in [-0.15, -0.1) is 0 Å². The zero-order chi connectivity index (χ0) is 30.3. The minimum atomic E-state index is -1.19. The molecule has 2 aliphatic carbocycles. The van der Waals surface area contributed by atoms with Gasteiger partial charge >= 0.3 is 11.9 Å². The van der Waals surface area contributed by atoms with Crippen LogP contribution in [0.2, 0.25) is 0 Å². The molecule has 1 aromatic rings. The number of aromatic amines is 1. The Morgan fingerprint density at radius 2 is 1.93 bits per heavy atom. The number of ether oxygens (including phenoxy) is 6. The number of aliphatic hydroxyl groups excluding tert-OH is 2. The molecule has 42 heavy (non-hydrogen) atoms. The minimum Gasteiger partial charge on any atom is -0.459 e. The van der Waals surface area contributed by atoms with Crippen LogP contribution in [-0.2, 0) is 33.2 Å². The fourth-order valence-corrected chi connectivity index (χ4v) is 7.67. The summed E-state index contributed by atoms with van der Waals surface area (Å²) in [5.74, 6) is -5.40. The molecule has 0 aromatic carbocycles. The first-order chi connectivity index (χ1) is 20.1. The molecule has 3 N–H and O–H groups in total. The lowest BCUT2D eigenvalue weighted by atomic mass is 9.56. The summed E-state index contributed by atoms with van der Waals surface area (Å²) in [5.41, 5.74) is -0.500. The predicted octanol–water partition coefficient (Wildman–Crippen LogP) is 1.65. The quantitative estimate of drug-likeness (QED) is 0.285. The molecule has 1 saturated heterocycles. The third-order valence-corrected chi connectivity index (χ3v) is 9.38. The van der Waals surface area contributed by atoms with Crippen molar-refractivity contribution in [2.45, 2.75) is 50.0 Å². The smallest absolute Gasteiger partial charge is 0.355 e. The van der Waals surface area contributed by atoms with Crippen molar-refractivity contribution >= 4 is 11.9 Å². The average molecular weight is 594 g/mol. The van der Waals surface area contributed by atoms with Gasteiger partial charge in [0.05, 0.1) is 31.8 Å². The number of rotatable bonds is 9. The Bertz CT molecular complexity index is 1220. The molecule has 1 aromatic heterocycles. The number of H-pyrrole nitrogens is 1. The van der Waals surface area contributed by atoms with E-state index < -0.39 is 83.5 Å². The molecule has 1 spiro atoms. The number of hydrogen-bond donors (Lipinski definition) is 3. The highest BCUT2D eigenvalue weighted by Gasteiger charge is 2.71. The second kappa shape index (κ2) is 12.2. The lowest BCUT2D eigenvalue weighted by Gasteiger charge is -2.49. The minimum absolute atomic E-state index is 0.00412. The summed E-state index contributed by atoms with van der Waals surface area (Å²) in [6.45, 7) is 3.77. The van der Waals surface area contributed by atoms with E-state index in [1.165, 1.54) is 21.3 Å². The molecule has 232 valence electrons. The number of halogens is 1. The van der Waals surface area contributed by atoms with E-state index in [2.05, 4.69) is 4.98 Å². The maximum absolute atomic E-state index is 13.8. The number of carbonyl (C=O) groups is 2. The van der Waals surface area contributed by atoms with Crippen molar-refractivity contribution in [3.63, 3.8) is 0 Å². The number of aliphatic hydroxyl groups is 2. The first-order valence-electron chi connectivity index (χ1n) is 14.2. The molecule has 2 aliphatic heterocycles. The van der Waals surface area contributed by atoms with Crippen molar-refractivity contribution < 1.29 is 52.6 Å². The van der Waals surface area contributed by atoms with Gasteiger partial charge in [-0.3, -0.25) is 4.79 Å². The summed E-state index contributed by atoms with van der Waals surface area (Å²) in [6.07, 6.45) is 2.11. The molecular formula is C30H40FNO10. The number of nitrogens with one attached hydrogen (secondary N) is 1. The Hall–Kier alpha value is -2.61.